The van der Waals surface area contributed by atoms with Gasteiger partial charge in [-0.3, -0.25) is 0 Å². The lowest BCUT2D eigenvalue weighted by atomic mass is 9.71. The van der Waals surface area contributed by atoms with E-state index in [2.05, 4.69) is 42.9 Å². The van der Waals surface area contributed by atoms with Crippen LogP contribution in [0, 0.1) is 23.7 Å². The van der Waals surface area contributed by atoms with Crippen LogP contribution in [-0.2, 0) is 6.42 Å². The van der Waals surface area contributed by atoms with Gasteiger partial charge in [-0.15, -0.1) is 0 Å². The fraction of sp³-hybridized carbons (Fsp3) is 0.789. The Kier molecular flexibility index (Phi) is 7.25. The molecule has 2 rings (SSSR count). The van der Waals surface area contributed by atoms with E-state index in [9.17, 15) is 0 Å². The number of hydrogen-bond acceptors (Lipinski definition) is 2. The van der Waals surface area contributed by atoms with Crippen LogP contribution in [0.25, 0.3) is 0 Å². The molecule has 1 saturated carbocycles. The monoisotopic (exact) mass is 307 g/mol. The minimum absolute atomic E-state index is 0.765. The predicted octanol–water partition coefficient (Wildman–Crippen LogP) is 5.37. The minimum Gasteiger partial charge on any atom is -0.316 e. The standard InChI is InChI=1S/C19H33NS/c1-4-16-5-8-19(13-20-12-15(2)3)18(11-16)7-6-17-9-10-21-14-17/h9-10,14-16,18-20H,4-8,11-13H2,1-3H3. The van der Waals surface area contributed by atoms with Gasteiger partial charge in [0.2, 0.25) is 0 Å². The van der Waals surface area contributed by atoms with Crippen LogP contribution in [0.1, 0.15) is 58.4 Å². The molecule has 1 aliphatic rings. The summed E-state index contributed by atoms with van der Waals surface area (Å²) < 4.78 is 0. The van der Waals surface area contributed by atoms with Crippen LogP contribution in [0.3, 0.4) is 0 Å². The summed E-state index contributed by atoms with van der Waals surface area (Å²) in [6.45, 7) is 9.38. The molecule has 1 aromatic heterocycles. The third-order valence-electron chi connectivity index (χ3n) is 5.17. The number of aryl methyl sites for hydroxylation is 1. The van der Waals surface area contributed by atoms with Crippen molar-refractivity contribution in [3.05, 3.63) is 22.4 Å². The normalized spacial score (nSPS) is 26.4. The predicted molar refractivity (Wildman–Crippen MR) is 95.0 cm³/mol. The lowest BCUT2D eigenvalue weighted by molar-refractivity contribution is 0.162. The average molecular weight is 308 g/mol. The first-order valence-electron chi connectivity index (χ1n) is 8.90. The molecule has 0 aromatic carbocycles. The van der Waals surface area contributed by atoms with Crippen molar-refractivity contribution in [1.82, 2.24) is 5.32 Å². The molecule has 1 aliphatic carbocycles. The van der Waals surface area contributed by atoms with Gasteiger partial charge in [0.15, 0.2) is 0 Å². The lowest BCUT2D eigenvalue weighted by Crippen LogP contribution is -2.34. The van der Waals surface area contributed by atoms with Crippen molar-refractivity contribution in [2.75, 3.05) is 13.1 Å². The third-order valence-corrected chi connectivity index (χ3v) is 5.90. The fourth-order valence-electron chi connectivity index (χ4n) is 3.76. The quantitative estimate of drug-likeness (QED) is 0.681. The van der Waals surface area contributed by atoms with Crippen molar-refractivity contribution in [3.63, 3.8) is 0 Å². The Morgan fingerprint density at radius 1 is 1.29 bits per heavy atom. The number of rotatable bonds is 8. The van der Waals surface area contributed by atoms with Crippen molar-refractivity contribution in [1.29, 1.82) is 0 Å². The van der Waals surface area contributed by atoms with Crippen molar-refractivity contribution < 1.29 is 0 Å². The Labute approximate surface area is 135 Å². The second-order valence-corrected chi connectivity index (χ2v) is 8.11. The maximum Gasteiger partial charge on any atom is -0.00178 e. The first-order chi connectivity index (χ1) is 10.2. The Balaban J connectivity index is 1.83. The van der Waals surface area contributed by atoms with E-state index in [1.165, 1.54) is 51.6 Å². The molecule has 1 N–H and O–H groups in total. The van der Waals surface area contributed by atoms with Crippen LogP contribution in [-0.4, -0.2) is 13.1 Å². The minimum atomic E-state index is 0.765. The summed E-state index contributed by atoms with van der Waals surface area (Å²) in [5.41, 5.74) is 1.55. The molecule has 1 aromatic rings. The van der Waals surface area contributed by atoms with Crippen LogP contribution in [0.4, 0.5) is 0 Å². The molecule has 0 radical (unpaired) electrons. The average Bonchev–Trinajstić information content (AvgIpc) is 2.99. The zero-order valence-corrected chi connectivity index (χ0v) is 14.9. The third kappa shape index (κ3) is 5.75. The van der Waals surface area contributed by atoms with Gasteiger partial charge in [0.05, 0.1) is 0 Å². The smallest absolute Gasteiger partial charge is 0.00178 e. The van der Waals surface area contributed by atoms with Crippen LogP contribution >= 0.6 is 11.3 Å². The zero-order chi connectivity index (χ0) is 15.1. The topological polar surface area (TPSA) is 12.0 Å². The summed E-state index contributed by atoms with van der Waals surface area (Å²) in [6.07, 6.45) is 8.42. The molecule has 3 unspecified atom stereocenters. The van der Waals surface area contributed by atoms with Gasteiger partial charge < -0.3 is 5.32 Å². The highest BCUT2D eigenvalue weighted by molar-refractivity contribution is 7.07. The first kappa shape index (κ1) is 17.0. The summed E-state index contributed by atoms with van der Waals surface area (Å²) in [4.78, 5) is 0. The molecule has 120 valence electrons. The van der Waals surface area contributed by atoms with Gasteiger partial charge in [0.25, 0.3) is 0 Å². The number of hydrogen-bond donors (Lipinski definition) is 1. The summed E-state index contributed by atoms with van der Waals surface area (Å²) >= 11 is 1.84. The molecule has 0 amide bonds. The van der Waals surface area contributed by atoms with E-state index in [1.807, 2.05) is 11.3 Å². The molecule has 0 saturated heterocycles. The Morgan fingerprint density at radius 2 is 2.14 bits per heavy atom. The molecule has 3 atom stereocenters. The molecular formula is C19H33NS. The molecular weight excluding hydrogens is 274 g/mol. The van der Waals surface area contributed by atoms with E-state index in [0.29, 0.717) is 0 Å². The molecule has 21 heavy (non-hydrogen) atoms. The summed E-state index contributed by atoms with van der Waals surface area (Å²) in [5, 5.41) is 8.25. The van der Waals surface area contributed by atoms with E-state index in [0.717, 1.165) is 23.7 Å². The van der Waals surface area contributed by atoms with E-state index in [-0.39, 0.29) is 0 Å². The first-order valence-corrected chi connectivity index (χ1v) is 9.85. The summed E-state index contributed by atoms with van der Waals surface area (Å²) in [7, 11) is 0. The van der Waals surface area contributed by atoms with Gasteiger partial charge >= 0.3 is 0 Å². The van der Waals surface area contributed by atoms with Crippen LogP contribution < -0.4 is 5.32 Å². The van der Waals surface area contributed by atoms with Crippen molar-refractivity contribution in [2.45, 2.75) is 59.3 Å². The largest absolute Gasteiger partial charge is 0.316 e. The maximum absolute atomic E-state index is 3.71. The highest BCUT2D eigenvalue weighted by atomic mass is 32.1. The molecule has 1 fully saturated rings. The zero-order valence-electron chi connectivity index (χ0n) is 14.1. The summed E-state index contributed by atoms with van der Waals surface area (Å²) in [6, 6.07) is 2.30. The van der Waals surface area contributed by atoms with Crippen LogP contribution in [0.2, 0.25) is 0 Å². The van der Waals surface area contributed by atoms with Gasteiger partial charge in [0, 0.05) is 0 Å². The molecule has 0 spiro atoms. The Bertz CT molecular complexity index is 371. The van der Waals surface area contributed by atoms with Crippen LogP contribution in [0.5, 0.6) is 0 Å². The van der Waals surface area contributed by atoms with Crippen molar-refractivity contribution >= 4 is 11.3 Å². The fourth-order valence-corrected chi connectivity index (χ4v) is 4.46. The molecule has 2 heteroatoms. The molecule has 0 bridgehead atoms. The van der Waals surface area contributed by atoms with Gasteiger partial charge in [-0.2, -0.15) is 11.3 Å². The van der Waals surface area contributed by atoms with Crippen molar-refractivity contribution in [3.8, 4) is 0 Å². The lowest BCUT2D eigenvalue weighted by Gasteiger charge is -2.36. The highest BCUT2D eigenvalue weighted by Crippen LogP contribution is 2.37. The summed E-state index contributed by atoms with van der Waals surface area (Å²) in [5.74, 6) is 3.59. The highest BCUT2D eigenvalue weighted by Gasteiger charge is 2.29. The molecule has 1 heterocycles. The second-order valence-electron chi connectivity index (χ2n) is 7.33. The SMILES string of the molecule is CCC1CCC(CNCC(C)C)C(CCc2ccsc2)C1. The van der Waals surface area contributed by atoms with E-state index < -0.39 is 0 Å². The van der Waals surface area contributed by atoms with Crippen molar-refractivity contribution in [2.24, 2.45) is 23.7 Å². The second kappa shape index (κ2) is 8.95. The molecule has 1 nitrogen and oxygen atoms in total. The Hall–Kier alpha value is -0.340. The van der Waals surface area contributed by atoms with Gasteiger partial charge in [-0.1, -0.05) is 33.6 Å². The number of nitrogens with one attached hydrogen (secondary N) is 1. The van der Waals surface area contributed by atoms with E-state index >= 15 is 0 Å². The van der Waals surface area contributed by atoms with Crippen LogP contribution in [0.15, 0.2) is 16.8 Å². The number of thiophene rings is 1. The van der Waals surface area contributed by atoms with Gasteiger partial charge in [0.1, 0.15) is 0 Å². The van der Waals surface area contributed by atoms with E-state index in [1.54, 1.807) is 5.56 Å². The molecule has 0 aliphatic heterocycles. The van der Waals surface area contributed by atoms with E-state index in [4.69, 9.17) is 0 Å². The van der Waals surface area contributed by atoms with Gasteiger partial charge in [-0.05, 0) is 84.8 Å². The Morgan fingerprint density at radius 3 is 2.81 bits per heavy atom. The maximum atomic E-state index is 3.71. The van der Waals surface area contributed by atoms with Gasteiger partial charge in [-0.25, -0.2) is 0 Å².